The lowest BCUT2D eigenvalue weighted by Gasteiger charge is -2.22. The molecule has 9 heteroatoms. The molecule has 6 nitrogen and oxygen atoms in total. The van der Waals surface area contributed by atoms with Crippen LogP contribution in [-0.2, 0) is 23.1 Å². The van der Waals surface area contributed by atoms with E-state index in [9.17, 15) is 13.2 Å². The van der Waals surface area contributed by atoms with E-state index in [2.05, 4.69) is 4.72 Å². The summed E-state index contributed by atoms with van der Waals surface area (Å²) in [7, 11) is -2.52. The Morgan fingerprint density at radius 3 is 2.56 bits per heavy atom. The highest BCUT2D eigenvalue weighted by molar-refractivity contribution is 7.89. The number of benzene rings is 2. The van der Waals surface area contributed by atoms with Crippen molar-refractivity contribution in [3.05, 3.63) is 81.0 Å². The maximum Gasteiger partial charge on any atom is 0.254 e. The normalized spacial score (nSPS) is 13.7. The monoisotopic (exact) mass is 490 g/mol. The van der Waals surface area contributed by atoms with Crippen molar-refractivity contribution in [3.63, 3.8) is 0 Å². The SMILES string of the molecule is COc1ccc(C(=O)N(Cc2cccs2)C2CC2)cc1S(=O)(=O)NCc1ccc(Cl)cc1. The van der Waals surface area contributed by atoms with Gasteiger partial charge in [0.2, 0.25) is 10.0 Å². The number of rotatable bonds is 9. The van der Waals surface area contributed by atoms with Crippen LogP contribution in [-0.4, -0.2) is 32.4 Å². The highest BCUT2D eigenvalue weighted by Gasteiger charge is 2.34. The molecule has 2 aromatic carbocycles. The van der Waals surface area contributed by atoms with Gasteiger partial charge in [0, 0.05) is 28.0 Å². The minimum absolute atomic E-state index is 0.0633. The molecule has 0 saturated heterocycles. The van der Waals surface area contributed by atoms with Crippen LogP contribution in [0, 0.1) is 0 Å². The molecular formula is C23H23ClN2O4S2. The maximum atomic E-state index is 13.3. The van der Waals surface area contributed by atoms with Crippen LogP contribution in [0.2, 0.25) is 5.02 Å². The molecule has 1 saturated carbocycles. The third kappa shape index (κ3) is 5.32. The molecule has 0 aliphatic heterocycles. The predicted octanol–water partition coefficient (Wildman–Crippen LogP) is 4.69. The second-order valence-corrected chi connectivity index (χ2v) is 10.8. The van der Waals surface area contributed by atoms with Crippen LogP contribution in [0.1, 0.15) is 33.6 Å². The first-order valence-electron chi connectivity index (χ1n) is 10.1. The van der Waals surface area contributed by atoms with Crippen molar-refractivity contribution in [2.75, 3.05) is 7.11 Å². The maximum absolute atomic E-state index is 13.3. The van der Waals surface area contributed by atoms with E-state index >= 15 is 0 Å². The molecule has 1 aliphatic carbocycles. The molecule has 0 bridgehead atoms. The van der Waals surface area contributed by atoms with Crippen molar-refractivity contribution in [3.8, 4) is 5.75 Å². The van der Waals surface area contributed by atoms with E-state index in [1.165, 1.54) is 19.2 Å². The van der Waals surface area contributed by atoms with Crippen molar-refractivity contribution in [2.45, 2.75) is 36.9 Å². The van der Waals surface area contributed by atoms with Crippen LogP contribution in [0.25, 0.3) is 0 Å². The lowest BCUT2D eigenvalue weighted by atomic mass is 10.2. The predicted molar refractivity (Wildman–Crippen MR) is 126 cm³/mol. The van der Waals surface area contributed by atoms with Gasteiger partial charge in [0.05, 0.1) is 13.7 Å². The Bertz CT molecular complexity index is 1190. The molecule has 0 spiro atoms. The molecule has 3 aromatic rings. The molecule has 4 rings (SSSR count). The third-order valence-corrected chi connectivity index (χ3v) is 7.77. The van der Waals surface area contributed by atoms with Gasteiger partial charge in [0.1, 0.15) is 10.6 Å². The van der Waals surface area contributed by atoms with E-state index in [1.807, 2.05) is 22.4 Å². The van der Waals surface area contributed by atoms with Crippen molar-refractivity contribution < 1.29 is 17.9 Å². The summed E-state index contributed by atoms with van der Waals surface area (Å²) >= 11 is 7.49. The number of halogens is 1. The van der Waals surface area contributed by atoms with Crippen molar-refractivity contribution in [1.82, 2.24) is 9.62 Å². The molecule has 168 valence electrons. The zero-order valence-electron chi connectivity index (χ0n) is 17.5. The molecule has 1 heterocycles. The number of carbonyl (C=O) groups is 1. The molecule has 0 radical (unpaired) electrons. The van der Waals surface area contributed by atoms with E-state index in [0.717, 1.165) is 23.3 Å². The zero-order valence-corrected chi connectivity index (χ0v) is 19.8. The number of nitrogens with one attached hydrogen (secondary N) is 1. The van der Waals surface area contributed by atoms with Crippen molar-refractivity contribution >= 4 is 38.9 Å². The Labute approximate surface area is 196 Å². The molecule has 1 amide bonds. The zero-order chi connectivity index (χ0) is 22.7. The number of amides is 1. The fraction of sp³-hybridized carbons (Fsp3) is 0.261. The second kappa shape index (κ2) is 9.62. The first kappa shape index (κ1) is 22.8. The Morgan fingerprint density at radius 1 is 1.19 bits per heavy atom. The highest BCUT2D eigenvalue weighted by Crippen LogP contribution is 2.32. The Morgan fingerprint density at radius 2 is 1.94 bits per heavy atom. The van der Waals surface area contributed by atoms with Crippen LogP contribution < -0.4 is 9.46 Å². The standard InChI is InChI=1S/C23H23ClN2O4S2/c1-30-21-11-6-17(23(27)26(19-9-10-19)15-20-3-2-12-31-20)13-22(21)32(28,29)25-14-16-4-7-18(24)8-5-16/h2-8,11-13,19,25H,9-10,14-15H2,1H3. The molecular weight excluding hydrogens is 468 g/mol. The fourth-order valence-electron chi connectivity index (χ4n) is 3.37. The summed E-state index contributed by atoms with van der Waals surface area (Å²) in [6, 6.07) is 15.6. The van der Waals surface area contributed by atoms with E-state index in [4.69, 9.17) is 16.3 Å². The van der Waals surface area contributed by atoms with E-state index in [0.29, 0.717) is 17.1 Å². The van der Waals surface area contributed by atoms with Gasteiger partial charge in [-0.2, -0.15) is 0 Å². The average Bonchev–Trinajstić information content (AvgIpc) is 3.51. The number of thiophene rings is 1. The molecule has 32 heavy (non-hydrogen) atoms. The Kier molecular flexibility index (Phi) is 6.85. The van der Waals surface area contributed by atoms with Gasteiger partial charge in [-0.3, -0.25) is 4.79 Å². The van der Waals surface area contributed by atoms with E-state index in [-0.39, 0.29) is 29.1 Å². The number of carbonyl (C=O) groups excluding carboxylic acids is 1. The number of hydrogen-bond donors (Lipinski definition) is 1. The highest BCUT2D eigenvalue weighted by atomic mass is 35.5. The summed E-state index contributed by atoms with van der Waals surface area (Å²) in [6.45, 7) is 0.609. The molecule has 1 fully saturated rings. The minimum Gasteiger partial charge on any atom is -0.495 e. The summed E-state index contributed by atoms with van der Waals surface area (Å²) in [5, 5.41) is 2.56. The summed E-state index contributed by atoms with van der Waals surface area (Å²) in [5.74, 6) is -0.000843. The van der Waals surface area contributed by atoms with Gasteiger partial charge < -0.3 is 9.64 Å². The largest absolute Gasteiger partial charge is 0.495 e. The summed E-state index contributed by atoms with van der Waals surface area (Å²) in [4.78, 5) is 16.2. The smallest absolute Gasteiger partial charge is 0.254 e. The van der Waals surface area contributed by atoms with Gasteiger partial charge in [0.15, 0.2) is 0 Å². The van der Waals surface area contributed by atoms with E-state index in [1.54, 1.807) is 41.7 Å². The molecule has 1 N–H and O–H groups in total. The number of ether oxygens (including phenoxy) is 1. The van der Waals surface area contributed by atoms with Crippen LogP contribution in [0.4, 0.5) is 0 Å². The van der Waals surface area contributed by atoms with Gasteiger partial charge >= 0.3 is 0 Å². The first-order valence-corrected chi connectivity index (χ1v) is 12.9. The van der Waals surface area contributed by atoms with Crippen molar-refractivity contribution in [1.29, 1.82) is 0 Å². The summed E-state index contributed by atoms with van der Waals surface area (Å²) in [6.07, 6.45) is 1.92. The lowest BCUT2D eigenvalue weighted by Crippen LogP contribution is -2.32. The first-order chi connectivity index (χ1) is 15.4. The third-order valence-electron chi connectivity index (χ3n) is 5.23. The minimum atomic E-state index is -3.92. The molecule has 0 atom stereocenters. The van der Waals surface area contributed by atoms with Crippen LogP contribution in [0.15, 0.2) is 64.9 Å². The van der Waals surface area contributed by atoms with Gasteiger partial charge in [-0.25, -0.2) is 13.1 Å². The fourth-order valence-corrected chi connectivity index (χ4v) is 5.41. The van der Waals surface area contributed by atoms with Gasteiger partial charge in [-0.15, -0.1) is 11.3 Å². The van der Waals surface area contributed by atoms with Crippen molar-refractivity contribution in [2.24, 2.45) is 0 Å². The lowest BCUT2D eigenvalue weighted by molar-refractivity contribution is 0.0731. The number of hydrogen-bond acceptors (Lipinski definition) is 5. The van der Waals surface area contributed by atoms with Gasteiger partial charge in [0.25, 0.3) is 5.91 Å². The Hall–Kier alpha value is -2.39. The average molecular weight is 491 g/mol. The quantitative estimate of drug-likeness (QED) is 0.472. The molecule has 1 aliphatic rings. The number of sulfonamides is 1. The second-order valence-electron chi connectivity index (χ2n) is 7.56. The van der Waals surface area contributed by atoms with Gasteiger partial charge in [-0.05, 0) is 60.2 Å². The number of methoxy groups -OCH3 is 1. The van der Waals surface area contributed by atoms with E-state index < -0.39 is 10.0 Å². The summed E-state index contributed by atoms with van der Waals surface area (Å²) < 4.78 is 34.0. The van der Waals surface area contributed by atoms with Crippen LogP contribution in [0.3, 0.4) is 0 Å². The van der Waals surface area contributed by atoms with Crippen LogP contribution >= 0.6 is 22.9 Å². The Balaban J connectivity index is 1.58. The summed E-state index contributed by atoms with van der Waals surface area (Å²) in [5.41, 5.74) is 1.08. The van der Waals surface area contributed by atoms with Crippen LogP contribution in [0.5, 0.6) is 5.75 Å². The molecule has 1 aromatic heterocycles. The number of nitrogens with zero attached hydrogens (tertiary/aromatic N) is 1. The topological polar surface area (TPSA) is 75.7 Å². The molecule has 0 unspecified atom stereocenters. The van der Waals surface area contributed by atoms with Gasteiger partial charge in [-0.1, -0.05) is 29.8 Å².